The number of ether oxygens (including phenoxy) is 1. The molecule has 0 saturated carbocycles. The SMILES string of the molecule is O=c1[nH]c(=O)n(C2OC(CO)C(O)C2O)cc1C=CCl. The number of aromatic nitrogens is 2. The topological polar surface area (TPSA) is 125 Å². The number of nitrogens with one attached hydrogen (secondary N) is 1. The van der Waals surface area contributed by atoms with Gasteiger partial charge in [-0.25, -0.2) is 4.79 Å². The monoisotopic (exact) mass is 304 g/mol. The molecule has 1 fully saturated rings. The molecular formula is C11H13ClN2O6. The first-order chi connectivity index (χ1) is 9.49. The van der Waals surface area contributed by atoms with E-state index in [2.05, 4.69) is 0 Å². The molecule has 1 aliphatic rings. The van der Waals surface area contributed by atoms with E-state index in [0.717, 1.165) is 16.3 Å². The van der Waals surface area contributed by atoms with E-state index in [1.165, 1.54) is 6.08 Å². The molecule has 8 nitrogen and oxygen atoms in total. The Morgan fingerprint density at radius 2 is 2.10 bits per heavy atom. The van der Waals surface area contributed by atoms with Crippen LogP contribution >= 0.6 is 11.6 Å². The summed E-state index contributed by atoms with van der Waals surface area (Å²) in [4.78, 5) is 25.3. The highest BCUT2D eigenvalue weighted by Crippen LogP contribution is 2.27. The fraction of sp³-hybridized carbons (Fsp3) is 0.455. The molecule has 0 bridgehead atoms. The fourth-order valence-corrected chi connectivity index (χ4v) is 2.12. The van der Waals surface area contributed by atoms with Crippen LogP contribution in [0.15, 0.2) is 21.3 Å². The largest absolute Gasteiger partial charge is 0.394 e. The van der Waals surface area contributed by atoms with Crippen molar-refractivity contribution in [2.75, 3.05) is 6.61 Å². The molecular weight excluding hydrogens is 292 g/mol. The number of aliphatic hydroxyl groups is 3. The van der Waals surface area contributed by atoms with E-state index >= 15 is 0 Å². The summed E-state index contributed by atoms with van der Waals surface area (Å²) in [5.41, 5.74) is -0.278. The van der Waals surface area contributed by atoms with Gasteiger partial charge in [0.1, 0.15) is 18.3 Å². The van der Waals surface area contributed by atoms with Crippen molar-refractivity contribution in [3.63, 3.8) is 0 Å². The highest BCUT2D eigenvalue weighted by atomic mass is 35.5. The number of nitrogens with zero attached hydrogens (tertiary/aromatic N) is 1. The molecule has 20 heavy (non-hydrogen) atoms. The van der Waals surface area contributed by atoms with Crippen LogP contribution < -0.4 is 11.2 Å². The van der Waals surface area contributed by atoms with E-state index in [4.69, 9.17) is 21.4 Å². The molecule has 0 aliphatic carbocycles. The molecule has 1 aromatic heterocycles. The Kier molecular flexibility index (Phi) is 4.41. The molecule has 2 heterocycles. The molecule has 0 aromatic carbocycles. The van der Waals surface area contributed by atoms with E-state index in [1.54, 1.807) is 0 Å². The third-order valence-electron chi connectivity index (χ3n) is 3.03. The van der Waals surface area contributed by atoms with Crippen LogP contribution in [0, 0.1) is 0 Å². The summed E-state index contributed by atoms with van der Waals surface area (Å²) < 4.78 is 6.14. The summed E-state index contributed by atoms with van der Waals surface area (Å²) in [5, 5.41) is 28.5. The Labute approximate surface area is 117 Å². The second-order valence-electron chi connectivity index (χ2n) is 4.27. The van der Waals surface area contributed by atoms with Gasteiger partial charge in [-0.1, -0.05) is 11.6 Å². The minimum Gasteiger partial charge on any atom is -0.394 e. The predicted molar refractivity (Wildman–Crippen MR) is 69.2 cm³/mol. The van der Waals surface area contributed by atoms with Crippen molar-refractivity contribution in [1.29, 1.82) is 0 Å². The molecule has 9 heteroatoms. The first kappa shape index (κ1) is 14.9. The van der Waals surface area contributed by atoms with Crippen molar-refractivity contribution in [3.8, 4) is 0 Å². The van der Waals surface area contributed by atoms with E-state index in [1.807, 2.05) is 4.98 Å². The van der Waals surface area contributed by atoms with E-state index in [0.29, 0.717) is 0 Å². The normalized spacial score (nSPS) is 30.2. The molecule has 2 rings (SSSR count). The van der Waals surface area contributed by atoms with Crippen molar-refractivity contribution in [3.05, 3.63) is 38.1 Å². The zero-order valence-corrected chi connectivity index (χ0v) is 10.9. The average molecular weight is 305 g/mol. The Morgan fingerprint density at radius 1 is 1.40 bits per heavy atom. The number of rotatable bonds is 3. The van der Waals surface area contributed by atoms with Gasteiger partial charge < -0.3 is 20.1 Å². The van der Waals surface area contributed by atoms with Crippen molar-refractivity contribution in [2.24, 2.45) is 0 Å². The maximum atomic E-state index is 11.7. The Hall–Kier alpha value is -1.45. The van der Waals surface area contributed by atoms with Crippen molar-refractivity contribution < 1.29 is 20.1 Å². The minimum absolute atomic E-state index is 0.0809. The average Bonchev–Trinajstić information content (AvgIpc) is 2.70. The summed E-state index contributed by atoms with van der Waals surface area (Å²) >= 11 is 5.38. The summed E-state index contributed by atoms with van der Waals surface area (Å²) in [7, 11) is 0. The summed E-state index contributed by atoms with van der Waals surface area (Å²) in [5.74, 6) is 0. The Balaban J connectivity index is 2.46. The van der Waals surface area contributed by atoms with Crippen LogP contribution in [-0.2, 0) is 4.74 Å². The van der Waals surface area contributed by atoms with Crippen molar-refractivity contribution >= 4 is 17.7 Å². The third-order valence-corrected chi connectivity index (χ3v) is 3.16. The molecule has 0 spiro atoms. The lowest BCUT2D eigenvalue weighted by Gasteiger charge is -2.17. The fourth-order valence-electron chi connectivity index (χ4n) is 1.99. The molecule has 4 atom stereocenters. The van der Waals surface area contributed by atoms with E-state index in [-0.39, 0.29) is 5.56 Å². The van der Waals surface area contributed by atoms with E-state index < -0.39 is 42.4 Å². The van der Waals surface area contributed by atoms with Gasteiger partial charge in [0.25, 0.3) is 5.56 Å². The van der Waals surface area contributed by atoms with Gasteiger partial charge in [-0.3, -0.25) is 14.3 Å². The van der Waals surface area contributed by atoms with Crippen LogP contribution in [0.2, 0.25) is 0 Å². The van der Waals surface area contributed by atoms with E-state index in [9.17, 15) is 19.8 Å². The Bertz CT molecular complexity index is 624. The lowest BCUT2D eigenvalue weighted by atomic mass is 10.1. The Morgan fingerprint density at radius 3 is 2.65 bits per heavy atom. The maximum absolute atomic E-state index is 11.7. The van der Waals surface area contributed by atoms with Crippen molar-refractivity contribution in [2.45, 2.75) is 24.5 Å². The molecule has 110 valence electrons. The second-order valence-corrected chi connectivity index (χ2v) is 4.52. The summed E-state index contributed by atoms with van der Waals surface area (Å²) in [6.45, 7) is -0.513. The number of aliphatic hydroxyl groups excluding tert-OH is 3. The lowest BCUT2D eigenvalue weighted by Crippen LogP contribution is -2.38. The van der Waals surface area contributed by atoms with Gasteiger partial charge >= 0.3 is 5.69 Å². The lowest BCUT2D eigenvalue weighted by molar-refractivity contribution is -0.0550. The van der Waals surface area contributed by atoms with Crippen LogP contribution in [0.5, 0.6) is 0 Å². The standard InChI is InChI=1S/C11H13ClN2O6/c12-2-1-5-3-14(11(19)13-9(5)18)10-8(17)7(16)6(4-15)20-10/h1-3,6-8,10,15-17H,4H2,(H,13,18,19). The van der Waals surface area contributed by atoms with Crippen LogP contribution in [0.1, 0.15) is 11.8 Å². The van der Waals surface area contributed by atoms with Crippen molar-refractivity contribution in [1.82, 2.24) is 9.55 Å². The third kappa shape index (κ3) is 2.56. The van der Waals surface area contributed by atoms with Crippen LogP contribution in [0.3, 0.4) is 0 Å². The van der Waals surface area contributed by atoms with Gasteiger partial charge in [0.05, 0.1) is 12.2 Å². The number of aromatic amines is 1. The first-order valence-corrected chi connectivity index (χ1v) is 6.18. The summed E-state index contributed by atoms with van der Waals surface area (Å²) in [6.07, 6.45) is -2.56. The number of H-pyrrole nitrogens is 1. The van der Waals surface area contributed by atoms with Gasteiger partial charge in [-0.05, 0) is 6.08 Å². The highest BCUT2D eigenvalue weighted by Gasteiger charge is 2.43. The zero-order valence-electron chi connectivity index (χ0n) is 10.1. The first-order valence-electron chi connectivity index (χ1n) is 5.74. The quantitative estimate of drug-likeness (QED) is 0.531. The molecule has 0 amide bonds. The number of hydrogen-bond donors (Lipinski definition) is 4. The molecule has 4 unspecified atom stereocenters. The predicted octanol–water partition coefficient (Wildman–Crippen LogP) is -1.64. The van der Waals surface area contributed by atoms with Gasteiger partial charge in [-0.2, -0.15) is 0 Å². The summed E-state index contributed by atoms with van der Waals surface area (Å²) in [6, 6.07) is 0. The van der Waals surface area contributed by atoms with Crippen LogP contribution in [0.4, 0.5) is 0 Å². The molecule has 0 radical (unpaired) electrons. The van der Waals surface area contributed by atoms with Crippen LogP contribution in [-0.4, -0.2) is 49.8 Å². The van der Waals surface area contributed by atoms with Gasteiger partial charge in [-0.15, -0.1) is 0 Å². The number of hydrogen-bond acceptors (Lipinski definition) is 6. The molecule has 1 aromatic rings. The molecule has 1 saturated heterocycles. The second kappa shape index (κ2) is 5.90. The van der Waals surface area contributed by atoms with Crippen LogP contribution in [0.25, 0.3) is 6.08 Å². The number of halogens is 1. The molecule has 1 aliphatic heterocycles. The highest BCUT2D eigenvalue weighted by molar-refractivity contribution is 6.27. The molecule has 4 N–H and O–H groups in total. The minimum atomic E-state index is -1.41. The van der Waals surface area contributed by atoms with Gasteiger partial charge in [0, 0.05) is 11.7 Å². The van der Waals surface area contributed by atoms with Gasteiger partial charge in [0.15, 0.2) is 6.23 Å². The smallest absolute Gasteiger partial charge is 0.330 e. The maximum Gasteiger partial charge on any atom is 0.330 e. The zero-order chi connectivity index (χ0) is 14.9. The van der Waals surface area contributed by atoms with Gasteiger partial charge in [0.2, 0.25) is 0 Å².